The number of aliphatic hydroxyl groups excluding tert-OH is 1. The molecule has 24 heavy (non-hydrogen) atoms. The van der Waals surface area contributed by atoms with E-state index >= 15 is 0 Å². The third-order valence-corrected chi connectivity index (χ3v) is 3.80. The molecule has 1 amide bonds. The van der Waals surface area contributed by atoms with Gasteiger partial charge < -0.3 is 10.4 Å². The van der Waals surface area contributed by atoms with E-state index in [1.54, 1.807) is 0 Å². The highest BCUT2D eigenvalue weighted by Crippen LogP contribution is 2.08. The average Bonchev–Trinajstić information content (AvgIpc) is 2.54. The van der Waals surface area contributed by atoms with E-state index in [1.807, 2.05) is 13.8 Å². The van der Waals surface area contributed by atoms with Gasteiger partial charge in [-0.05, 0) is 18.4 Å². The molecule has 1 atom stereocenters. The number of nitrogens with one attached hydrogen (secondary N) is 1. The van der Waals surface area contributed by atoms with Gasteiger partial charge in [0.25, 0.3) is 11.5 Å². The molecular formula is C16H22N4O4. The molecule has 8 heteroatoms. The Bertz CT molecular complexity index is 882. The fourth-order valence-electron chi connectivity index (χ4n) is 2.53. The first kappa shape index (κ1) is 17.9. The van der Waals surface area contributed by atoms with Crippen LogP contribution in [-0.2, 0) is 14.1 Å². The van der Waals surface area contributed by atoms with E-state index in [4.69, 9.17) is 0 Å². The number of pyridine rings is 1. The average molecular weight is 334 g/mol. The molecule has 8 nitrogen and oxygen atoms in total. The van der Waals surface area contributed by atoms with Crippen molar-refractivity contribution in [2.45, 2.75) is 26.4 Å². The van der Waals surface area contributed by atoms with Crippen molar-refractivity contribution < 1.29 is 9.90 Å². The van der Waals surface area contributed by atoms with Crippen molar-refractivity contribution >= 4 is 16.9 Å². The minimum absolute atomic E-state index is 0.125. The summed E-state index contributed by atoms with van der Waals surface area (Å²) in [4.78, 5) is 40.3. The molecule has 2 rings (SSSR count). The number of aliphatic hydroxyl groups is 1. The molecule has 0 unspecified atom stereocenters. The number of hydrogen-bond acceptors (Lipinski definition) is 5. The highest BCUT2D eigenvalue weighted by atomic mass is 16.3. The van der Waals surface area contributed by atoms with Gasteiger partial charge in [0.1, 0.15) is 5.65 Å². The predicted molar refractivity (Wildman–Crippen MR) is 90.0 cm³/mol. The number of aromatic nitrogens is 3. The second-order valence-corrected chi connectivity index (χ2v) is 6.29. The van der Waals surface area contributed by atoms with E-state index < -0.39 is 23.3 Å². The highest BCUT2D eigenvalue weighted by molar-refractivity contribution is 5.96. The Balaban J connectivity index is 2.29. The van der Waals surface area contributed by atoms with Crippen molar-refractivity contribution in [3.05, 3.63) is 38.7 Å². The number of aryl methyl sites for hydroxylation is 1. The normalized spacial score (nSPS) is 12.6. The zero-order valence-corrected chi connectivity index (χ0v) is 14.2. The molecule has 0 spiro atoms. The van der Waals surface area contributed by atoms with Crippen LogP contribution in [0.15, 0.2) is 21.9 Å². The number of amides is 1. The van der Waals surface area contributed by atoms with Crippen LogP contribution >= 0.6 is 0 Å². The molecule has 0 saturated heterocycles. The van der Waals surface area contributed by atoms with Gasteiger partial charge in [0.05, 0.1) is 17.1 Å². The van der Waals surface area contributed by atoms with Gasteiger partial charge in [0, 0.05) is 26.8 Å². The molecule has 2 aromatic rings. The van der Waals surface area contributed by atoms with Crippen molar-refractivity contribution in [3.63, 3.8) is 0 Å². The molecule has 0 aliphatic rings. The predicted octanol–water partition coefficient (Wildman–Crippen LogP) is -0.231. The molecule has 130 valence electrons. The maximum Gasteiger partial charge on any atom is 0.332 e. The van der Waals surface area contributed by atoms with Crippen LogP contribution in [-0.4, -0.2) is 37.8 Å². The summed E-state index contributed by atoms with van der Waals surface area (Å²) in [5.41, 5.74) is -0.557. The summed E-state index contributed by atoms with van der Waals surface area (Å²) in [6.07, 6.45) is 1.26. The summed E-state index contributed by atoms with van der Waals surface area (Å²) < 4.78 is 2.23. The van der Waals surface area contributed by atoms with E-state index in [1.165, 1.54) is 30.9 Å². The van der Waals surface area contributed by atoms with Crippen LogP contribution in [0, 0.1) is 5.92 Å². The Hall–Kier alpha value is -2.48. The zero-order valence-electron chi connectivity index (χ0n) is 14.2. The number of rotatable bonds is 5. The molecule has 0 aromatic carbocycles. The first-order chi connectivity index (χ1) is 11.2. The summed E-state index contributed by atoms with van der Waals surface area (Å²) in [6.45, 7) is 4.09. The third-order valence-electron chi connectivity index (χ3n) is 3.80. The fourth-order valence-corrected chi connectivity index (χ4v) is 2.53. The lowest BCUT2D eigenvalue weighted by Gasteiger charge is -2.14. The Morgan fingerprint density at radius 2 is 1.96 bits per heavy atom. The van der Waals surface area contributed by atoms with Crippen LogP contribution in [0.25, 0.3) is 11.0 Å². The first-order valence-electron chi connectivity index (χ1n) is 7.74. The molecule has 2 aromatic heterocycles. The van der Waals surface area contributed by atoms with Gasteiger partial charge in [-0.3, -0.25) is 18.7 Å². The molecule has 2 N–H and O–H groups in total. The van der Waals surface area contributed by atoms with Gasteiger partial charge in [-0.15, -0.1) is 0 Å². The van der Waals surface area contributed by atoms with Crippen LogP contribution in [0.3, 0.4) is 0 Å². The van der Waals surface area contributed by atoms with Crippen molar-refractivity contribution in [2.24, 2.45) is 20.0 Å². The summed E-state index contributed by atoms with van der Waals surface area (Å²) in [5.74, 6) is -0.105. The first-order valence-corrected chi connectivity index (χ1v) is 7.74. The SMILES string of the molecule is CC(C)C[C@@H](O)CNC(=O)c1cnc2c(c1)c(=O)n(C)c(=O)n2C. The quantitative estimate of drug-likeness (QED) is 0.785. The Labute approximate surface area is 138 Å². The monoisotopic (exact) mass is 334 g/mol. The van der Waals surface area contributed by atoms with Crippen LogP contribution in [0.4, 0.5) is 0 Å². The van der Waals surface area contributed by atoms with Gasteiger partial charge in [0.2, 0.25) is 0 Å². The molecular weight excluding hydrogens is 312 g/mol. The molecule has 2 heterocycles. The number of fused-ring (bicyclic) bond motifs is 1. The Kier molecular flexibility index (Phi) is 5.18. The second-order valence-electron chi connectivity index (χ2n) is 6.29. The maximum absolute atomic E-state index is 12.2. The number of hydrogen-bond donors (Lipinski definition) is 2. The van der Waals surface area contributed by atoms with E-state index in [0.29, 0.717) is 12.3 Å². The van der Waals surface area contributed by atoms with Gasteiger partial charge in [0.15, 0.2) is 0 Å². The molecule has 0 fully saturated rings. The summed E-state index contributed by atoms with van der Waals surface area (Å²) in [7, 11) is 2.89. The molecule has 0 saturated carbocycles. The smallest absolute Gasteiger partial charge is 0.332 e. The van der Waals surface area contributed by atoms with E-state index in [0.717, 1.165) is 4.57 Å². The van der Waals surface area contributed by atoms with Crippen molar-refractivity contribution in [1.82, 2.24) is 19.4 Å². The summed E-state index contributed by atoms with van der Waals surface area (Å²) in [5, 5.41) is 12.6. The maximum atomic E-state index is 12.2. The molecule has 0 radical (unpaired) electrons. The minimum atomic E-state index is -0.629. The third kappa shape index (κ3) is 3.53. The van der Waals surface area contributed by atoms with Crippen molar-refractivity contribution in [3.8, 4) is 0 Å². The van der Waals surface area contributed by atoms with Crippen LogP contribution in [0.5, 0.6) is 0 Å². The fraction of sp³-hybridized carbons (Fsp3) is 0.500. The van der Waals surface area contributed by atoms with Crippen LogP contribution < -0.4 is 16.6 Å². The second kappa shape index (κ2) is 6.96. The standard InChI is InChI=1S/C16H22N4O4/c1-9(2)5-11(21)8-18-14(22)10-6-12-13(17-7-10)19(3)16(24)20(4)15(12)23/h6-7,9,11,21H,5,8H2,1-4H3,(H,18,22)/t11-/m1/s1. The topological polar surface area (TPSA) is 106 Å². The van der Waals surface area contributed by atoms with Gasteiger partial charge >= 0.3 is 5.69 Å². The summed E-state index contributed by atoms with van der Waals surface area (Å²) >= 11 is 0. The van der Waals surface area contributed by atoms with Gasteiger partial charge in [-0.2, -0.15) is 0 Å². The van der Waals surface area contributed by atoms with Gasteiger partial charge in [-0.25, -0.2) is 9.78 Å². The van der Waals surface area contributed by atoms with E-state index in [9.17, 15) is 19.5 Å². The van der Waals surface area contributed by atoms with E-state index in [2.05, 4.69) is 10.3 Å². The number of carbonyl (C=O) groups excluding carboxylic acids is 1. The molecule has 0 bridgehead atoms. The zero-order chi connectivity index (χ0) is 18.0. The molecule has 0 aliphatic heterocycles. The summed E-state index contributed by atoms with van der Waals surface area (Å²) in [6, 6.07) is 1.41. The largest absolute Gasteiger partial charge is 0.391 e. The van der Waals surface area contributed by atoms with E-state index in [-0.39, 0.29) is 23.1 Å². The molecule has 0 aliphatic carbocycles. The number of carbonyl (C=O) groups is 1. The highest BCUT2D eigenvalue weighted by Gasteiger charge is 2.14. The number of nitrogens with zero attached hydrogens (tertiary/aromatic N) is 3. The minimum Gasteiger partial charge on any atom is -0.391 e. The Morgan fingerprint density at radius 1 is 1.29 bits per heavy atom. The lowest BCUT2D eigenvalue weighted by molar-refractivity contribution is 0.0900. The van der Waals surface area contributed by atoms with Gasteiger partial charge in [-0.1, -0.05) is 13.8 Å². The van der Waals surface area contributed by atoms with Crippen LogP contribution in [0.2, 0.25) is 0 Å². The lowest BCUT2D eigenvalue weighted by atomic mass is 10.1. The van der Waals surface area contributed by atoms with Crippen molar-refractivity contribution in [1.29, 1.82) is 0 Å². The van der Waals surface area contributed by atoms with Crippen LogP contribution in [0.1, 0.15) is 30.6 Å². The lowest BCUT2D eigenvalue weighted by Crippen LogP contribution is -2.37. The van der Waals surface area contributed by atoms with Crippen molar-refractivity contribution in [2.75, 3.05) is 6.54 Å². The Morgan fingerprint density at radius 3 is 2.58 bits per heavy atom.